The number of hydrogen-bond donors (Lipinski definition) is 2. The number of benzene rings is 1. The van der Waals surface area contributed by atoms with Gasteiger partial charge in [0, 0.05) is 37.5 Å². The second-order valence-corrected chi connectivity index (χ2v) is 6.98. The first kappa shape index (κ1) is 15.8. The molecule has 1 aromatic carbocycles. The Balaban J connectivity index is 1.61. The summed E-state index contributed by atoms with van der Waals surface area (Å²) in [6.45, 7) is 1.76. The molecule has 0 aliphatic carbocycles. The van der Waals surface area contributed by atoms with Crippen molar-refractivity contribution in [2.24, 2.45) is 5.41 Å². The number of nitrogens with zero attached hydrogens (tertiary/aromatic N) is 1. The van der Waals surface area contributed by atoms with Crippen molar-refractivity contribution in [1.82, 2.24) is 15.2 Å². The van der Waals surface area contributed by atoms with Crippen LogP contribution in [0.1, 0.15) is 29.6 Å². The average molecular weight is 343 g/mol. The second kappa shape index (κ2) is 5.68. The Kier molecular flexibility index (Phi) is 3.59. The molecule has 7 heteroatoms. The minimum atomic E-state index is -0.467. The number of carbonyl (C=O) groups excluding carboxylic acids is 2. The second-order valence-electron chi connectivity index (χ2n) is 6.98. The maximum atomic E-state index is 13.4. The summed E-state index contributed by atoms with van der Waals surface area (Å²) in [5.74, 6) is -0.622. The number of hydrogen-bond acceptors (Lipinski definition) is 3. The third-order valence-corrected chi connectivity index (χ3v) is 5.34. The molecule has 0 radical (unpaired) electrons. The minimum Gasteiger partial charge on any atom is -0.356 e. The summed E-state index contributed by atoms with van der Waals surface area (Å²) in [5, 5.41) is 3.40. The number of pyridine rings is 1. The van der Waals surface area contributed by atoms with E-state index in [1.54, 1.807) is 4.90 Å². The van der Waals surface area contributed by atoms with Crippen LogP contribution < -0.4 is 10.9 Å². The lowest BCUT2D eigenvalue weighted by Crippen LogP contribution is -2.44. The van der Waals surface area contributed by atoms with Gasteiger partial charge in [0.25, 0.3) is 5.91 Å². The molecule has 2 aliphatic rings. The Hall–Kier alpha value is -2.70. The molecule has 2 aromatic rings. The number of halogens is 1. The number of carbonyl (C=O) groups is 2. The van der Waals surface area contributed by atoms with Gasteiger partial charge in [0.2, 0.25) is 11.5 Å². The number of nitrogens with one attached hydrogen (secondary N) is 2. The molecule has 2 N–H and O–H groups in total. The number of likely N-dealkylation sites (tertiary alicyclic amines) is 1. The monoisotopic (exact) mass is 343 g/mol. The zero-order valence-corrected chi connectivity index (χ0v) is 13.6. The Labute approximate surface area is 143 Å². The van der Waals surface area contributed by atoms with Gasteiger partial charge < -0.3 is 15.2 Å². The van der Waals surface area contributed by atoms with Gasteiger partial charge in [-0.15, -0.1) is 0 Å². The number of aromatic amines is 1. The van der Waals surface area contributed by atoms with Crippen molar-refractivity contribution in [3.8, 4) is 0 Å². The van der Waals surface area contributed by atoms with E-state index in [1.807, 2.05) is 0 Å². The molecule has 25 heavy (non-hydrogen) atoms. The highest BCUT2D eigenvalue weighted by molar-refractivity contribution is 6.06. The molecule has 2 fully saturated rings. The predicted molar refractivity (Wildman–Crippen MR) is 89.7 cm³/mol. The van der Waals surface area contributed by atoms with Gasteiger partial charge in [-0.05, 0) is 36.5 Å². The van der Waals surface area contributed by atoms with Crippen molar-refractivity contribution in [3.63, 3.8) is 0 Å². The molecule has 0 saturated carbocycles. The van der Waals surface area contributed by atoms with E-state index in [0.717, 1.165) is 12.8 Å². The highest BCUT2D eigenvalue weighted by Crippen LogP contribution is 2.37. The first-order valence-electron chi connectivity index (χ1n) is 8.34. The molecule has 6 nitrogen and oxygen atoms in total. The van der Waals surface area contributed by atoms with E-state index in [2.05, 4.69) is 10.3 Å². The molecule has 2 amide bonds. The van der Waals surface area contributed by atoms with E-state index < -0.39 is 11.4 Å². The standard InChI is InChI=1S/C18H18FN3O3/c19-11-1-2-12-13(8-15(23)21-14(12)7-11)17(25)22-5-3-18(4-6-22)9-16(24)20-10-18/h1-2,7-8H,3-6,9-10H2,(H,20,24)(H,21,23). The van der Waals surface area contributed by atoms with Crippen LogP contribution in [0.15, 0.2) is 29.1 Å². The predicted octanol–water partition coefficient (Wildman–Crippen LogP) is 1.41. The molecule has 2 saturated heterocycles. The van der Waals surface area contributed by atoms with Crippen molar-refractivity contribution in [2.45, 2.75) is 19.3 Å². The Morgan fingerprint density at radius 2 is 1.92 bits per heavy atom. The van der Waals surface area contributed by atoms with Crippen LogP contribution in [0.4, 0.5) is 4.39 Å². The van der Waals surface area contributed by atoms with Crippen molar-refractivity contribution in [3.05, 3.63) is 46.0 Å². The number of amides is 2. The van der Waals surface area contributed by atoms with Crippen LogP contribution >= 0.6 is 0 Å². The van der Waals surface area contributed by atoms with Crippen LogP contribution in [0.2, 0.25) is 0 Å². The first-order valence-corrected chi connectivity index (χ1v) is 8.34. The van der Waals surface area contributed by atoms with E-state index >= 15 is 0 Å². The molecular weight excluding hydrogens is 325 g/mol. The Morgan fingerprint density at radius 3 is 2.60 bits per heavy atom. The van der Waals surface area contributed by atoms with Gasteiger partial charge in [0.15, 0.2) is 0 Å². The highest BCUT2D eigenvalue weighted by Gasteiger charge is 2.41. The van der Waals surface area contributed by atoms with Gasteiger partial charge in [0.05, 0.1) is 11.1 Å². The van der Waals surface area contributed by atoms with E-state index in [9.17, 15) is 18.8 Å². The Bertz CT molecular complexity index is 929. The van der Waals surface area contributed by atoms with Gasteiger partial charge in [0.1, 0.15) is 5.82 Å². The van der Waals surface area contributed by atoms with Crippen LogP contribution in [0.5, 0.6) is 0 Å². The Morgan fingerprint density at radius 1 is 1.16 bits per heavy atom. The van der Waals surface area contributed by atoms with Crippen LogP contribution in [0.25, 0.3) is 10.9 Å². The largest absolute Gasteiger partial charge is 0.356 e. The topological polar surface area (TPSA) is 82.3 Å². The van der Waals surface area contributed by atoms with Crippen LogP contribution in [0, 0.1) is 11.2 Å². The summed E-state index contributed by atoms with van der Waals surface area (Å²) < 4.78 is 13.4. The van der Waals surface area contributed by atoms with E-state index in [4.69, 9.17) is 0 Å². The third kappa shape index (κ3) is 2.79. The third-order valence-electron chi connectivity index (χ3n) is 5.34. The summed E-state index contributed by atoms with van der Waals surface area (Å²) >= 11 is 0. The van der Waals surface area contributed by atoms with Crippen molar-refractivity contribution < 1.29 is 14.0 Å². The maximum Gasteiger partial charge on any atom is 0.254 e. The lowest BCUT2D eigenvalue weighted by molar-refractivity contribution is -0.119. The summed E-state index contributed by atoms with van der Waals surface area (Å²) in [4.78, 5) is 40.5. The average Bonchev–Trinajstić information content (AvgIpc) is 2.94. The highest BCUT2D eigenvalue weighted by atomic mass is 19.1. The molecule has 2 aliphatic heterocycles. The lowest BCUT2D eigenvalue weighted by Gasteiger charge is -2.38. The van der Waals surface area contributed by atoms with E-state index in [0.29, 0.717) is 37.0 Å². The molecule has 130 valence electrons. The molecule has 1 aromatic heterocycles. The summed E-state index contributed by atoms with van der Waals surface area (Å²) in [6.07, 6.45) is 2.03. The number of rotatable bonds is 1. The van der Waals surface area contributed by atoms with Gasteiger partial charge in [-0.2, -0.15) is 0 Å². The number of fused-ring (bicyclic) bond motifs is 1. The molecule has 0 atom stereocenters. The molecule has 4 rings (SSSR count). The van der Waals surface area contributed by atoms with Gasteiger partial charge >= 0.3 is 0 Å². The lowest BCUT2D eigenvalue weighted by atomic mass is 9.77. The SMILES string of the molecule is O=C1CC2(CCN(C(=O)c3cc(=O)[nH]c4cc(F)ccc34)CC2)CN1. The van der Waals surface area contributed by atoms with Crippen molar-refractivity contribution in [2.75, 3.05) is 19.6 Å². The normalized spacial score (nSPS) is 19.4. The van der Waals surface area contributed by atoms with E-state index in [-0.39, 0.29) is 22.8 Å². The fourth-order valence-electron chi connectivity index (χ4n) is 3.87. The first-order chi connectivity index (χ1) is 12.0. The number of aromatic nitrogens is 1. The minimum absolute atomic E-state index is 0.0484. The van der Waals surface area contributed by atoms with Crippen LogP contribution in [0.3, 0.4) is 0 Å². The zero-order chi connectivity index (χ0) is 17.6. The molecule has 0 bridgehead atoms. The van der Waals surface area contributed by atoms with Gasteiger partial charge in [-0.1, -0.05) is 0 Å². The fraction of sp³-hybridized carbons (Fsp3) is 0.389. The number of piperidine rings is 1. The van der Waals surface area contributed by atoms with Gasteiger partial charge in [-0.3, -0.25) is 14.4 Å². The molecular formula is C18H18FN3O3. The molecule has 0 unspecified atom stereocenters. The van der Waals surface area contributed by atoms with Crippen molar-refractivity contribution in [1.29, 1.82) is 0 Å². The van der Waals surface area contributed by atoms with E-state index in [1.165, 1.54) is 24.3 Å². The number of H-pyrrole nitrogens is 1. The zero-order valence-electron chi connectivity index (χ0n) is 13.6. The molecule has 1 spiro atoms. The van der Waals surface area contributed by atoms with Crippen molar-refractivity contribution >= 4 is 22.7 Å². The smallest absolute Gasteiger partial charge is 0.254 e. The maximum absolute atomic E-state index is 13.4. The summed E-state index contributed by atoms with van der Waals surface area (Å²) in [7, 11) is 0. The summed E-state index contributed by atoms with van der Waals surface area (Å²) in [6, 6.07) is 5.28. The molecule has 3 heterocycles. The fourth-order valence-corrected chi connectivity index (χ4v) is 3.87. The van der Waals surface area contributed by atoms with Crippen LogP contribution in [-0.2, 0) is 4.79 Å². The van der Waals surface area contributed by atoms with Crippen LogP contribution in [-0.4, -0.2) is 41.3 Å². The van der Waals surface area contributed by atoms with Gasteiger partial charge in [-0.25, -0.2) is 4.39 Å². The summed E-state index contributed by atoms with van der Waals surface area (Å²) in [5.41, 5.74) is 0.124. The quantitative estimate of drug-likeness (QED) is 0.821.